The van der Waals surface area contributed by atoms with Crippen molar-refractivity contribution in [3.8, 4) is 0 Å². The molecule has 0 aliphatic carbocycles. The molecule has 0 aliphatic heterocycles. The van der Waals surface area contributed by atoms with Crippen molar-refractivity contribution in [3.63, 3.8) is 0 Å². The largest absolute Gasteiger partial charge is 0.295 e. The van der Waals surface area contributed by atoms with Crippen molar-refractivity contribution in [2.75, 3.05) is 0 Å². The smallest absolute Gasteiger partial charge is 0.182 e. The third-order valence-electron chi connectivity index (χ3n) is 2.16. The van der Waals surface area contributed by atoms with Gasteiger partial charge in [-0.1, -0.05) is 38.7 Å². The predicted molar refractivity (Wildman–Crippen MR) is 68.9 cm³/mol. The van der Waals surface area contributed by atoms with Crippen molar-refractivity contribution < 1.29 is 9.59 Å². The molecular formula is C13H20O2S. The summed E-state index contributed by atoms with van der Waals surface area (Å²) in [5, 5.41) is 2.17. The van der Waals surface area contributed by atoms with Crippen molar-refractivity contribution in [2.24, 2.45) is 0 Å². The molecule has 0 fully saturated rings. The first-order valence-corrected chi connectivity index (χ1v) is 6.64. The number of hydrogen-bond donors (Lipinski definition) is 0. The summed E-state index contributed by atoms with van der Waals surface area (Å²) in [6, 6.07) is 4.39. The Kier molecular flexibility index (Phi) is 11.4. The standard InChI is InChI=1S/C11H18S.C2H2O2/c1-2-3-4-5-6-8-11-9-7-10-12-11;3-1-2-4/h7,9-10H,2-6,8H2,1H3;1-2H. The molecular weight excluding hydrogens is 220 g/mol. The molecule has 0 radical (unpaired) electrons. The van der Waals surface area contributed by atoms with Crippen molar-refractivity contribution in [2.45, 2.75) is 45.4 Å². The zero-order valence-electron chi connectivity index (χ0n) is 9.85. The first kappa shape index (κ1) is 15.0. The number of carbonyl (C=O) groups excluding carboxylic acids is 2. The molecule has 0 atom stereocenters. The average Bonchev–Trinajstić information content (AvgIpc) is 2.82. The van der Waals surface area contributed by atoms with E-state index < -0.39 is 0 Å². The number of rotatable bonds is 7. The molecule has 1 aromatic heterocycles. The van der Waals surface area contributed by atoms with E-state index in [1.165, 1.54) is 38.5 Å². The van der Waals surface area contributed by atoms with Crippen LogP contribution in [0.4, 0.5) is 0 Å². The number of hydrogen-bond acceptors (Lipinski definition) is 3. The topological polar surface area (TPSA) is 34.1 Å². The fraction of sp³-hybridized carbons (Fsp3) is 0.538. The minimum Gasteiger partial charge on any atom is -0.295 e. The number of thiophene rings is 1. The first-order valence-electron chi connectivity index (χ1n) is 5.76. The van der Waals surface area contributed by atoms with Crippen LogP contribution in [0, 0.1) is 0 Å². The van der Waals surface area contributed by atoms with Crippen molar-refractivity contribution in [1.82, 2.24) is 0 Å². The van der Waals surface area contributed by atoms with Crippen LogP contribution in [0.5, 0.6) is 0 Å². The molecule has 1 rings (SSSR count). The van der Waals surface area contributed by atoms with E-state index >= 15 is 0 Å². The lowest BCUT2D eigenvalue weighted by Crippen LogP contribution is -1.81. The minimum absolute atomic E-state index is 0.194. The molecule has 0 unspecified atom stereocenters. The Labute approximate surface area is 102 Å². The second kappa shape index (κ2) is 12.1. The van der Waals surface area contributed by atoms with Crippen LogP contribution in [0.2, 0.25) is 0 Å². The van der Waals surface area contributed by atoms with E-state index in [1.54, 1.807) is 4.88 Å². The SMILES string of the molecule is CCCCCCCc1cccs1.O=CC=O. The maximum atomic E-state index is 8.81. The Bertz CT molecular complexity index is 249. The van der Waals surface area contributed by atoms with Crippen LogP contribution < -0.4 is 0 Å². The zero-order chi connectivity index (χ0) is 12.1. The highest BCUT2D eigenvalue weighted by atomic mass is 32.1. The van der Waals surface area contributed by atoms with Crippen LogP contribution in [0.15, 0.2) is 17.5 Å². The third-order valence-corrected chi connectivity index (χ3v) is 3.10. The Morgan fingerprint density at radius 2 is 1.81 bits per heavy atom. The first-order chi connectivity index (χ1) is 7.85. The molecule has 2 nitrogen and oxygen atoms in total. The van der Waals surface area contributed by atoms with Gasteiger partial charge in [0.05, 0.1) is 0 Å². The minimum atomic E-state index is 0.194. The van der Waals surface area contributed by atoms with E-state index in [-0.39, 0.29) is 12.6 Å². The highest BCUT2D eigenvalue weighted by Gasteiger charge is 1.93. The van der Waals surface area contributed by atoms with Gasteiger partial charge in [-0.15, -0.1) is 11.3 Å². The molecule has 0 amide bonds. The van der Waals surface area contributed by atoms with Crippen LogP contribution in [-0.4, -0.2) is 12.6 Å². The Balaban J connectivity index is 0.000000487. The van der Waals surface area contributed by atoms with E-state index in [0.717, 1.165) is 0 Å². The number of unbranched alkanes of at least 4 members (excludes halogenated alkanes) is 4. The predicted octanol–water partition coefficient (Wildman–Crippen LogP) is 3.65. The summed E-state index contributed by atoms with van der Waals surface area (Å²) < 4.78 is 0. The molecule has 0 saturated carbocycles. The number of carbonyl (C=O) groups is 2. The van der Waals surface area contributed by atoms with Gasteiger partial charge in [-0.05, 0) is 24.3 Å². The summed E-state index contributed by atoms with van der Waals surface area (Å²) in [7, 11) is 0. The maximum absolute atomic E-state index is 8.81. The maximum Gasteiger partial charge on any atom is 0.182 e. The van der Waals surface area contributed by atoms with Gasteiger partial charge < -0.3 is 0 Å². The molecule has 0 aliphatic rings. The van der Waals surface area contributed by atoms with Gasteiger partial charge in [0.2, 0.25) is 0 Å². The van der Waals surface area contributed by atoms with E-state index in [9.17, 15) is 0 Å². The van der Waals surface area contributed by atoms with Crippen LogP contribution in [0.25, 0.3) is 0 Å². The lowest BCUT2D eigenvalue weighted by molar-refractivity contribution is -0.122. The molecule has 0 spiro atoms. The number of aryl methyl sites for hydroxylation is 1. The Morgan fingerprint density at radius 1 is 1.12 bits per heavy atom. The quantitative estimate of drug-likeness (QED) is 0.414. The highest BCUT2D eigenvalue weighted by molar-refractivity contribution is 7.09. The monoisotopic (exact) mass is 240 g/mol. The second-order valence-electron chi connectivity index (χ2n) is 3.52. The van der Waals surface area contributed by atoms with E-state index in [2.05, 4.69) is 24.4 Å². The lowest BCUT2D eigenvalue weighted by Gasteiger charge is -1.97. The fourth-order valence-electron chi connectivity index (χ4n) is 1.36. The molecule has 0 N–H and O–H groups in total. The summed E-state index contributed by atoms with van der Waals surface area (Å²) >= 11 is 1.89. The van der Waals surface area contributed by atoms with Crippen molar-refractivity contribution in [3.05, 3.63) is 22.4 Å². The number of aldehydes is 2. The summed E-state index contributed by atoms with van der Waals surface area (Å²) in [4.78, 5) is 19.2. The Hall–Kier alpha value is -0.960. The molecule has 3 heteroatoms. The van der Waals surface area contributed by atoms with E-state index in [1.807, 2.05) is 11.3 Å². The fourth-order valence-corrected chi connectivity index (χ4v) is 2.11. The summed E-state index contributed by atoms with van der Waals surface area (Å²) in [6.45, 7) is 2.26. The molecule has 0 saturated heterocycles. The van der Waals surface area contributed by atoms with Gasteiger partial charge >= 0.3 is 0 Å². The van der Waals surface area contributed by atoms with Crippen LogP contribution >= 0.6 is 11.3 Å². The average molecular weight is 240 g/mol. The Morgan fingerprint density at radius 3 is 2.31 bits per heavy atom. The van der Waals surface area contributed by atoms with Gasteiger partial charge in [-0.25, -0.2) is 0 Å². The third kappa shape index (κ3) is 9.59. The summed E-state index contributed by atoms with van der Waals surface area (Å²) in [6.07, 6.45) is 8.64. The van der Waals surface area contributed by atoms with Crippen molar-refractivity contribution in [1.29, 1.82) is 0 Å². The normalized spacial score (nSPS) is 9.06. The molecule has 16 heavy (non-hydrogen) atoms. The molecule has 90 valence electrons. The second-order valence-corrected chi connectivity index (χ2v) is 4.55. The van der Waals surface area contributed by atoms with E-state index in [0.29, 0.717) is 0 Å². The summed E-state index contributed by atoms with van der Waals surface area (Å²) in [5.74, 6) is 0. The van der Waals surface area contributed by atoms with Gasteiger partial charge in [-0.3, -0.25) is 9.59 Å². The molecule has 0 aromatic carbocycles. The van der Waals surface area contributed by atoms with Gasteiger partial charge in [0.25, 0.3) is 0 Å². The van der Waals surface area contributed by atoms with Gasteiger partial charge in [-0.2, -0.15) is 0 Å². The van der Waals surface area contributed by atoms with Crippen LogP contribution in [-0.2, 0) is 16.0 Å². The van der Waals surface area contributed by atoms with Gasteiger partial charge in [0.1, 0.15) is 0 Å². The molecule has 1 heterocycles. The lowest BCUT2D eigenvalue weighted by atomic mass is 10.1. The van der Waals surface area contributed by atoms with Crippen molar-refractivity contribution >= 4 is 23.9 Å². The van der Waals surface area contributed by atoms with Crippen LogP contribution in [0.3, 0.4) is 0 Å². The van der Waals surface area contributed by atoms with Gasteiger partial charge in [0, 0.05) is 4.88 Å². The summed E-state index contributed by atoms with van der Waals surface area (Å²) in [5.41, 5.74) is 0. The van der Waals surface area contributed by atoms with Gasteiger partial charge in [0.15, 0.2) is 12.6 Å². The molecule has 0 bridgehead atoms. The molecule has 1 aromatic rings. The van der Waals surface area contributed by atoms with Crippen LogP contribution in [0.1, 0.15) is 43.9 Å². The van der Waals surface area contributed by atoms with E-state index in [4.69, 9.17) is 9.59 Å². The zero-order valence-corrected chi connectivity index (χ0v) is 10.7. The highest BCUT2D eigenvalue weighted by Crippen LogP contribution is 2.13.